The number of hydrogen-bond donors (Lipinski definition) is 1. The zero-order valence-electron chi connectivity index (χ0n) is 20.2. The third-order valence-electron chi connectivity index (χ3n) is 6.62. The number of amides is 2. The molecule has 1 aliphatic rings. The van der Waals surface area contributed by atoms with E-state index in [9.17, 15) is 4.79 Å². The number of aryl methyl sites for hydroxylation is 2. The van der Waals surface area contributed by atoms with Gasteiger partial charge in [-0.05, 0) is 77.9 Å². The van der Waals surface area contributed by atoms with Crippen molar-refractivity contribution in [2.75, 3.05) is 5.32 Å². The second kappa shape index (κ2) is 8.86. The van der Waals surface area contributed by atoms with E-state index in [1.165, 1.54) is 5.56 Å². The van der Waals surface area contributed by atoms with Crippen LogP contribution in [0.25, 0.3) is 5.69 Å². The van der Waals surface area contributed by atoms with Gasteiger partial charge in [-0.1, -0.05) is 62.4 Å². The minimum Gasteiger partial charge on any atom is -0.318 e. The molecule has 4 nitrogen and oxygen atoms in total. The molecule has 34 heavy (non-hydrogen) atoms. The Morgan fingerprint density at radius 3 is 2.32 bits per heavy atom. The standard InChI is InChI=1S/C30H31N3O/c1-20(2)23-11-13-24(14-12-23)29-28-10-7-15-32(28)27-9-6-5-8-25(27)19-33(29)30(34)31-26-17-21(3)16-22(4)18-26/h5-18,20,29H,19H2,1-4H3,(H,31,34)/t29-/m0/s1. The molecular formula is C30H31N3O. The predicted octanol–water partition coefficient (Wildman–Crippen LogP) is 7.35. The van der Waals surface area contributed by atoms with E-state index in [-0.39, 0.29) is 12.1 Å². The number of nitrogens with one attached hydrogen (secondary N) is 1. The summed E-state index contributed by atoms with van der Waals surface area (Å²) in [6, 6.07) is 27.1. The summed E-state index contributed by atoms with van der Waals surface area (Å²) in [5.41, 5.74) is 8.80. The zero-order chi connectivity index (χ0) is 23.8. The fourth-order valence-corrected chi connectivity index (χ4v) is 5.00. The monoisotopic (exact) mass is 449 g/mol. The SMILES string of the molecule is Cc1cc(C)cc(NC(=O)N2Cc3ccccc3-n3cccc3[C@@H]2c2ccc(C(C)C)cc2)c1. The largest absolute Gasteiger partial charge is 0.322 e. The molecule has 1 aromatic heterocycles. The molecule has 5 rings (SSSR count). The molecule has 0 saturated carbocycles. The van der Waals surface area contributed by atoms with Crippen molar-refractivity contribution in [3.05, 3.63) is 119 Å². The second-order valence-corrected chi connectivity index (χ2v) is 9.59. The van der Waals surface area contributed by atoms with E-state index in [4.69, 9.17) is 0 Å². The molecular weight excluding hydrogens is 418 g/mol. The molecule has 0 fully saturated rings. The third kappa shape index (κ3) is 4.12. The summed E-state index contributed by atoms with van der Waals surface area (Å²) in [6.45, 7) is 9.02. The summed E-state index contributed by atoms with van der Waals surface area (Å²) >= 11 is 0. The normalized spacial score (nSPS) is 15.0. The smallest absolute Gasteiger partial charge is 0.318 e. The number of carbonyl (C=O) groups excluding carboxylic acids is 1. The van der Waals surface area contributed by atoms with Crippen LogP contribution in [-0.2, 0) is 6.54 Å². The molecule has 0 spiro atoms. The summed E-state index contributed by atoms with van der Waals surface area (Å²) in [5.74, 6) is 0.459. The van der Waals surface area contributed by atoms with Gasteiger partial charge in [0, 0.05) is 17.6 Å². The van der Waals surface area contributed by atoms with Gasteiger partial charge < -0.3 is 14.8 Å². The van der Waals surface area contributed by atoms with Crippen LogP contribution in [0.5, 0.6) is 0 Å². The Bertz CT molecular complexity index is 1310. The number of aromatic nitrogens is 1. The first-order chi connectivity index (χ1) is 16.4. The first-order valence-electron chi connectivity index (χ1n) is 11.9. The Hall–Kier alpha value is -3.79. The number of hydrogen-bond acceptors (Lipinski definition) is 1. The van der Waals surface area contributed by atoms with Gasteiger partial charge in [0.05, 0.1) is 18.3 Å². The van der Waals surface area contributed by atoms with Crippen LogP contribution in [0.3, 0.4) is 0 Å². The average molecular weight is 450 g/mol. The van der Waals surface area contributed by atoms with Crippen molar-refractivity contribution in [1.82, 2.24) is 9.47 Å². The van der Waals surface area contributed by atoms with Gasteiger partial charge in [-0.25, -0.2) is 4.79 Å². The van der Waals surface area contributed by atoms with Gasteiger partial charge in [0.15, 0.2) is 0 Å². The molecule has 4 heteroatoms. The molecule has 3 aromatic carbocycles. The molecule has 0 bridgehead atoms. The third-order valence-corrected chi connectivity index (χ3v) is 6.62. The van der Waals surface area contributed by atoms with E-state index in [1.54, 1.807) is 0 Å². The van der Waals surface area contributed by atoms with E-state index in [2.05, 4.69) is 104 Å². The fraction of sp³-hybridized carbons (Fsp3) is 0.233. The van der Waals surface area contributed by atoms with Crippen LogP contribution in [0.15, 0.2) is 85.1 Å². The van der Waals surface area contributed by atoms with Gasteiger partial charge in [0.1, 0.15) is 0 Å². The molecule has 1 atom stereocenters. The van der Waals surface area contributed by atoms with Crippen LogP contribution in [-0.4, -0.2) is 15.5 Å². The van der Waals surface area contributed by atoms with Crippen LogP contribution in [0.2, 0.25) is 0 Å². The van der Waals surface area contributed by atoms with Crippen LogP contribution < -0.4 is 5.32 Å². The minimum absolute atomic E-state index is 0.104. The highest BCUT2D eigenvalue weighted by molar-refractivity contribution is 5.90. The number of anilines is 1. The van der Waals surface area contributed by atoms with Crippen molar-refractivity contribution >= 4 is 11.7 Å². The first kappa shape index (κ1) is 22.0. The molecule has 0 aliphatic carbocycles. The summed E-state index contributed by atoms with van der Waals surface area (Å²) in [7, 11) is 0. The summed E-state index contributed by atoms with van der Waals surface area (Å²) < 4.78 is 2.22. The van der Waals surface area contributed by atoms with Gasteiger partial charge in [-0.2, -0.15) is 0 Å². The van der Waals surface area contributed by atoms with Crippen molar-refractivity contribution in [3.8, 4) is 5.69 Å². The van der Waals surface area contributed by atoms with Gasteiger partial charge in [0.25, 0.3) is 0 Å². The maximum atomic E-state index is 13.8. The maximum Gasteiger partial charge on any atom is 0.322 e. The van der Waals surface area contributed by atoms with E-state index in [0.717, 1.165) is 39.3 Å². The lowest BCUT2D eigenvalue weighted by atomic mass is 9.97. The second-order valence-electron chi connectivity index (χ2n) is 9.59. The van der Waals surface area contributed by atoms with Crippen LogP contribution in [0.1, 0.15) is 59.3 Å². The van der Waals surface area contributed by atoms with E-state index >= 15 is 0 Å². The predicted molar refractivity (Wildman–Crippen MR) is 139 cm³/mol. The van der Waals surface area contributed by atoms with Crippen LogP contribution >= 0.6 is 0 Å². The lowest BCUT2D eigenvalue weighted by Gasteiger charge is -2.31. The van der Waals surface area contributed by atoms with Crippen LogP contribution in [0, 0.1) is 13.8 Å². The van der Waals surface area contributed by atoms with Crippen molar-refractivity contribution in [2.45, 2.75) is 46.2 Å². The number of carbonyl (C=O) groups is 1. The summed E-state index contributed by atoms with van der Waals surface area (Å²) in [5, 5.41) is 3.18. The lowest BCUT2D eigenvalue weighted by Crippen LogP contribution is -2.38. The Kier molecular flexibility index (Phi) is 5.74. The number of urea groups is 1. The molecule has 0 saturated heterocycles. The van der Waals surface area contributed by atoms with Crippen molar-refractivity contribution in [2.24, 2.45) is 0 Å². The Labute approximate surface area is 201 Å². The molecule has 2 heterocycles. The van der Waals surface area contributed by atoms with Gasteiger partial charge in [-0.15, -0.1) is 0 Å². The maximum absolute atomic E-state index is 13.8. The number of para-hydroxylation sites is 1. The topological polar surface area (TPSA) is 37.3 Å². The summed E-state index contributed by atoms with van der Waals surface area (Å²) in [4.78, 5) is 15.8. The van der Waals surface area contributed by atoms with E-state index < -0.39 is 0 Å². The zero-order valence-corrected chi connectivity index (χ0v) is 20.2. The number of fused-ring (bicyclic) bond motifs is 3. The van der Waals surface area contributed by atoms with Gasteiger partial charge in [-0.3, -0.25) is 0 Å². The highest BCUT2D eigenvalue weighted by Gasteiger charge is 2.33. The number of benzene rings is 3. The molecule has 4 aromatic rings. The van der Waals surface area contributed by atoms with Gasteiger partial charge >= 0.3 is 6.03 Å². The van der Waals surface area contributed by atoms with E-state index in [0.29, 0.717) is 12.5 Å². The van der Waals surface area contributed by atoms with Crippen LogP contribution in [0.4, 0.5) is 10.5 Å². The van der Waals surface area contributed by atoms with Gasteiger partial charge in [0.2, 0.25) is 0 Å². The quantitative estimate of drug-likeness (QED) is 0.349. The molecule has 172 valence electrons. The van der Waals surface area contributed by atoms with Crippen molar-refractivity contribution < 1.29 is 4.79 Å². The lowest BCUT2D eigenvalue weighted by molar-refractivity contribution is 0.194. The Balaban J connectivity index is 1.61. The highest BCUT2D eigenvalue weighted by atomic mass is 16.2. The first-order valence-corrected chi connectivity index (χ1v) is 11.9. The minimum atomic E-state index is -0.213. The average Bonchev–Trinajstić information content (AvgIpc) is 3.22. The van der Waals surface area contributed by atoms with E-state index in [1.807, 2.05) is 23.1 Å². The number of rotatable bonds is 3. The van der Waals surface area contributed by atoms with Crippen molar-refractivity contribution in [3.63, 3.8) is 0 Å². The Morgan fingerprint density at radius 1 is 0.912 bits per heavy atom. The molecule has 1 N–H and O–H groups in total. The summed E-state index contributed by atoms with van der Waals surface area (Å²) in [6.07, 6.45) is 2.09. The highest BCUT2D eigenvalue weighted by Crippen LogP contribution is 2.37. The molecule has 0 radical (unpaired) electrons. The van der Waals surface area contributed by atoms with Crippen molar-refractivity contribution in [1.29, 1.82) is 0 Å². The Morgan fingerprint density at radius 2 is 1.62 bits per heavy atom. The molecule has 0 unspecified atom stereocenters. The fourth-order valence-electron chi connectivity index (χ4n) is 5.00. The molecule has 2 amide bonds. The number of nitrogens with zero attached hydrogens (tertiary/aromatic N) is 2. The molecule has 1 aliphatic heterocycles.